The summed E-state index contributed by atoms with van der Waals surface area (Å²) in [4.78, 5) is 11.8. The molecule has 0 atom stereocenters. The Balaban J connectivity index is 0.00000261. The average molecular weight is 481 g/mol. The molecule has 0 aliphatic carbocycles. The first-order valence-electron chi connectivity index (χ1n) is 9.64. The number of nitrogens with one attached hydrogen (secondary N) is 1. The fourth-order valence-corrected chi connectivity index (χ4v) is 3.47. The summed E-state index contributed by atoms with van der Waals surface area (Å²) >= 11 is 0. The first-order valence-corrected chi connectivity index (χ1v) is 9.64. The number of hydrogen-bond acceptors (Lipinski definition) is 2. The zero-order chi connectivity index (χ0) is 18.4. The van der Waals surface area contributed by atoms with Crippen molar-refractivity contribution in [3.05, 3.63) is 54.1 Å². The summed E-state index contributed by atoms with van der Waals surface area (Å²) in [5.74, 6) is 2.13. The minimum Gasteiger partial charge on any atom is -0.357 e. The van der Waals surface area contributed by atoms with Gasteiger partial charge in [-0.2, -0.15) is 0 Å². The molecular weight excluding hydrogens is 449 g/mol. The standard InChI is InChI=1S/C21H31N5.HI/c1-4-22-20(26-14-11-21(2,3)17-26)24-12-10-19-23-13-15-25(19)16-18-8-6-5-7-9-18;/h5-9,13,15H,4,10-12,14,16-17H2,1-3H3,(H,22,24);1H. The van der Waals surface area contributed by atoms with Gasteiger partial charge in [-0.1, -0.05) is 44.2 Å². The maximum Gasteiger partial charge on any atom is 0.193 e. The molecule has 0 spiro atoms. The van der Waals surface area contributed by atoms with Crippen LogP contribution in [0.5, 0.6) is 0 Å². The molecule has 2 heterocycles. The Morgan fingerprint density at radius 1 is 1.26 bits per heavy atom. The van der Waals surface area contributed by atoms with Crippen molar-refractivity contribution in [2.75, 3.05) is 26.2 Å². The second-order valence-electron chi connectivity index (χ2n) is 7.78. The molecule has 6 heteroatoms. The number of aromatic nitrogens is 2. The largest absolute Gasteiger partial charge is 0.357 e. The molecule has 0 unspecified atom stereocenters. The fourth-order valence-electron chi connectivity index (χ4n) is 3.47. The van der Waals surface area contributed by atoms with Crippen molar-refractivity contribution >= 4 is 29.9 Å². The van der Waals surface area contributed by atoms with Crippen molar-refractivity contribution in [2.24, 2.45) is 10.4 Å². The lowest BCUT2D eigenvalue weighted by atomic mass is 9.93. The third kappa shape index (κ3) is 6.23. The summed E-state index contributed by atoms with van der Waals surface area (Å²) in [6.45, 7) is 11.5. The third-order valence-electron chi connectivity index (χ3n) is 4.91. The summed E-state index contributed by atoms with van der Waals surface area (Å²) in [5, 5.41) is 3.45. The number of halogens is 1. The monoisotopic (exact) mass is 481 g/mol. The van der Waals surface area contributed by atoms with Crippen molar-refractivity contribution in [3.63, 3.8) is 0 Å². The molecule has 1 fully saturated rings. The molecule has 1 aliphatic heterocycles. The SMILES string of the molecule is CCNC(=NCCc1nccn1Cc1ccccc1)N1CCC(C)(C)C1.I. The van der Waals surface area contributed by atoms with E-state index in [9.17, 15) is 0 Å². The van der Waals surface area contributed by atoms with E-state index in [0.29, 0.717) is 5.41 Å². The summed E-state index contributed by atoms with van der Waals surface area (Å²) in [6, 6.07) is 10.5. The Hall–Kier alpha value is -1.57. The predicted molar refractivity (Wildman–Crippen MR) is 123 cm³/mol. The Labute approximate surface area is 180 Å². The van der Waals surface area contributed by atoms with Crippen molar-refractivity contribution in [1.29, 1.82) is 0 Å². The van der Waals surface area contributed by atoms with E-state index in [0.717, 1.165) is 50.9 Å². The Bertz CT molecular complexity index is 723. The van der Waals surface area contributed by atoms with E-state index >= 15 is 0 Å². The van der Waals surface area contributed by atoms with E-state index in [1.165, 1.54) is 12.0 Å². The normalized spacial score (nSPS) is 16.3. The topological polar surface area (TPSA) is 45.5 Å². The number of nitrogens with zero attached hydrogens (tertiary/aromatic N) is 4. The van der Waals surface area contributed by atoms with Crippen molar-refractivity contribution in [2.45, 2.75) is 40.2 Å². The average Bonchev–Trinajstić information content (AvgIpc) is 3.21. The predicted octanol–water partition coefficient (Wildman–Crippen LogP) is 3.79. The van der Waals surface area contributed by atoms with Gasteiger partial charge in [0.2, 0.25) is 0 Å². The van der Waals surface area contributed by atoms with Crippen LogP contribution in [-0.2, 0) is 13.0 Å². The van der Waals surface area contributed by atoms with Crippen LogP contribution in [0.4, 0.5) is 0 Å². The Morgan fingerprint density at radius 3 is 2.70 bits per heavy atom. The van der Waals surface area contributed by atoms with Gasteiger partial charge in [-0.3, -0.25) is 4.99 Å². The molecule has 1 aromatic carbocycles. The third-order valence-corrected chi connectivity index (χ3v) is 4.91. The van der Waals surface area contributed by atoms with Crippen LogP contribution in [-0.4, -0.2) is 46.6 Å². The maximum atomic E-state index is 4.86. The number of benzene rings is 1. The van der Waals surface area contributed by atoms with E-state index in [1.807, 2.05) is 6.20 Å². The van der Waals surface area contributed by atoms with Crippen molar-refractivity contribution in [3.8, 4) is 0 Å². The van der Waals surface area contributed by atoms with E-state index < -0.39 is 0 Å². The molecule has 1 saturated heterocycles. The number of rotatable bonds is 6. The highest BCUT2D eigenvalue weighted by molar-refractivity contribution is 14.0. The van der Waals surface area contributed by atoms with Gasteiger partial charge < -0.3 is 14.8 Å². The lowest BCUT2D eigenvalue weighted by Gasteiger charge is -2.23. The van der Waals surface area contributed by atoms with Crippen LogP contribution < -0.4 is 5.32 Å². The molecule has 1 aromatic heterocycles. The van der Waals surface area contributed by atoms with E-state index in [-0.39, 0.29) is 24.0 Å². The fraction of sp³-hybridized carbons (Fsp3) is 0.524. The lowest BCUT2D eigenvalue weighted by Crippen LogP contribution is -2.40. The van der Waals surface area contributed by atoms with Crippen LogP contribution in [0.15, 0.2) is 47.7 Å². The van der Waals surface area contributed by atoms with Crippen molar-refractivity contribution in [1.82, 2.24) is 19.8 Å². The van der Waals surface area contributed by atoms with E-state index in [2.05, 4.69) is 77.1 Å². The van der Waals surface area contributed by atoms with Gasteiger partial charge in [0, 0.05) is 51.5 Å². The molecule has 3 rings (SSSR count). The molecule has 0 saturated carbocycles. The van der Waals surface area contributed by atoms with Crippen molar-refractivity contribution < 1.29 is 0 Å². The second kappa shape index (κ2) is 10.1. The highest BCUT2D eigenvalue weighted by atomic mass is 127. The minimum absolute atomic E-state index is 0. The Morgan fingerprint density at radius 2 is 2.04 bits per heavy atom. The molecule has 148 valence electrons. The smallest absolute Gasteiger partial charge is 0.193 e. The van der Waals surface area contributed by atoms with Crippen LogP contribution in [0.2, 0.25) is 0 Å². The summed E-state index contributed by atoms with van der Waals surface area (Å²) in [7, 11) is 0. The maximum absolute atomic E-state index is 4.86. The van der Waals surface area contributed by atoms with Gasteiger partial charge in [-0.25, -0.2) is 4.98 Å². The molecular formula is C21H32IN5. The van der Waals surface area contributed by atoms with Gasteiger partial charge in [-0.15, -0.1) is 24.0 Å². The molecule has 0 radical (unpaired) electrons. The summed E-state index contributed by atoms with van der Waals surface area (Å²) < 4.78 is 2.22. The van der Waals surface area contributed by atoms with Crippen LogP contribution >= 0.6 is 24.0 Å². The second-order valence-corrected chi connectivity index (χ2v) is 7.78. The van der Waals surface area contributed by atoms with Gasteiger partial charge in [0.25, 0.3) is 0 Å². The molecule has 27 heavy (non-hydrogen) atoms. The van der Waals surface area contributed by atoms with E-state index in [1.54, 1.807) is 0 Å². The molecule has 0 bridgehead atoms. The van der Waals surface area contributed by atoms with Gasteiger partial charge >= 0.3 is 0 Å². The number of aliphatic imine (C=N–C) groups is 1. The van der Waals surface area contributed by atoms with Crippen LogP contribution in [0.25, 0.3) is 0 Å². The molecule has 1 N–H and O–H groups in total. The van der Waals surface area contributed by atoms with Gasteiger partial charge in [0.15, 0.2) is 5.96 Å². The van der Waals surface area contributed by atoms with Gasteiger partial charge in [0.05, 0.1) is 0 Å². The zero-order valence-electron chi connectivity index (χ0n) is 16.7. The molecule has 1 aliphatic rings. The number of guanidine groups is 1. The van der Waals surface area contributed by atoms with E-state index in [4.69, 9.17) is 4.99 Å². The molecule has 5 nitrogen and oxygen atoms in total. The first-order chi connectivity index (χ1) is 12.6. The van der Waals surface area contributed by atoms with Crippen LogP contribution in [0, 0.1) is 5.41 Å². The quantitative estimate of drug-likeness (QED) is 0.388. The zero-order valence-corrected chi connectivity index (χ0v) is 19.0. The van der Waals surface area contributed by atoms with Crippen LogP contribution in [0.3, 0.4) is 0 Å². The first kappa shape index (κ1) is 21.7. The van der Waals surface area contributed by atoms with Gasteiger partial charge in [0.1, 0.15) is 5.82 Å². The lowest BCUT2D eigenvalue weighted by molar-refractivity contribution is 0.370. The van der Waals surface area contributed by atoms with Gasteiger partial charge in [-0.05, 0) is 24.3 Å². The number of imidazole rings is 1. The highest BCUT2D eigenvalue weighted by Gasteiger charge is 2.30. The number of hydrogen-bond donors (Lipinski definition) is 1. The minimum atomic E-state index is 0. The molecule has 2 aromatic rings. The summed E-state index contributed by atoms with van der Waals surface area (Å²) in [5.41, 5.74) is 1.67. The summed E-state index contributed by atoms with van der Waals surface area (Å²) in [6.07, 6.45) is 6.02. The van der Waals surface area contributed by atoms with Crippen LogP contribution in [0.1, 0.15) is 38.6 Å². The number of likely N-dealkylation sites (tertiary alicyclic amines) is 1. The highest BCUT2D eigenvalue weighted by Crippen LogP contribution is 2.28. The molecule has 0 amide bonds. The Kier molecular flexibility index (Phi) is 8.13.